The molecule has 0 radical (unpaired) electrons. The molecule has 0 saturated heterocycles. The average molecular weight is 284 g/mol. The van der Waals surface area contributed by atoms with E-state index in [1.807, 2.05) is 25.2 Å². The van der Waals surface area contributed by atoms with E-state index in [1.54, 1.807) is 23.5 Å². The molecule has 0 fully saturated rings. The lowest BCUT2D eigenvalue weighted by Crippen LogP contribution is -2.19. The molecule has 18 heavy (non-hydrogen) atoms. The third-order valence-electron chi connectivity index (χ3n) is 2.85. The monoisotopic (exact) mass is 283 g/mol. The molecule has 1 nitrogen and oxygen atoms in total. The van der Waals surface area contributed by atoms with Crippen molar-refractivity contribution in [2.75, 3.05) is 13.6 Å². The van der Waals surface area contributed by atoms with Crippen LogP contribution in [0.25, 0.3) is 0 Å². The predicted molar refractivity (Wildman–Crippen MR) is 76.1 cm³/mol. The van der Waals surface area contributed by atoms with Gasteiger partial charge in [0.05, 0.1) is 4.34 Å². The number of halogens is 2. The van der Waals surface area contributed by atoms with E-state index in [4.69, 9.17) is 11.6 Å². The van der Waals surface area contributed by atoms with Crippen molar-refractivity contribution in [3.63, 3.8) is 0 Å². The van der Waals surface area contributed by atoms with Crippen molar-refractivity contribution in [2.24, 2.45) is 0 Å². The van der Waals surface area contributed by atoms with Gasteiger partial charge in [-0.1, -0.05) is 23.7 Å². The van der Waals surface area contributed by atoms with Gasteiger partial charge in [0, 0.05) is 17.3 Å². The molecule has 4 heteroatoms. The number of rotatable bonds is 5. The zero-order chi connectivity index (χ0) is 13.0. The molecule has 1 N–H and O–H groups in total. The summed E-state index contributed by atoms with van der Waals surface area (Å²) in [6, 6.07) is 10.8. The first-order valence-electron chi connectivity index (χ1n) is 5.83. The molecule has 0 aliphatic rings. The van der Waals surface area contributed by atoms with Crippen molar-refractivity contribution >= 4 is 22.9 Å². The van der Waals surface area contributed by atoms with Gasteiger partial charge in [-0.05, 0) is 43.3 Å². The molecule has 0 aliphatic heterocycles. The van der Waals surface area contributed by atoms with Crippen LogP contribution in [0, 0.1) is 5.82 Å². The molecule has 2 aromatic rings. The zero-order valence-corrected chi connectivity index (χ0v) is 11.7. The van der Waals surface area contributed by atoms with E-state index in [0.29, 0.717) is 0 Å². The molecule has 1 aromatic carbocycles. The van der Waals surface area contributed by atoms with Gasteiger partial charge >= 0.3 is 0 Å². The quantitative estimate of drug-likeness (QED) is 0.872. The summed E-state index contributed by atoms with van der Waals surface area (Å²) in [4.78, 5) is 1.23. The first-order valence-corrected chi connectivity index (χ1v) is 7.03. The first-order chi connectivity index (χ1) is 8.69. The van der Waals surface area contributed by atoms with Crippen molar-refractivity contribution < 1.29 is 4.39 Å². The lowest BCUT2D eigenvalue weighted by Gasteiger charge is -2.16. The third kappa shape index (κ3) is 3.55. The van der Waals surface area contributed by atoms with E-state index >= 15 is 0 Å². The number of thiophene rings is 1. The summed E-state index contributed by atoms with van der Waals surface area (Å²) < 4.78 is 14.1. The van der Waals surface area contributed by atoms with E-state index in [2.05, 4.69) is 5.32 Å². The van der Waals surface area contributed by atoms with E-state index in [0.717, 1.165) is 22.9 Å². The second-order valence-corrected chi connectivity index (χ2v) is 6.02. The summed E-state index contributed by atoms with van der Waals surface area (Å²) in [6.45, 7) is 0.818. The number of hydrogen-bond acceptors (Lipinski definition) is 2. The third-order valence-corrected chi connectivity index (χ3v) is 4.10. The zero-order valence-electron chi connectivity index (χ0n) is 10.1. The lowest BCUT2D eigenvalue weighted by molar-refractivity contribution is 0.603. The van der Waals surface area contributed by atoms with Gasteiger partial charge in [0.1, 0.15) is 5.82 Å². The van der Waals surface area contributed by atoms with Gasteiger partial charge in [-0.2, -0.15) is 0 Å². The van der Waals surface area contributed by atoms with Gasteiger partial charge in [-0.25, -0.2) is 4.39 Å². The molecule has 1 atom stereocenters. The number of benzene rings is 1. The largest absolute Gasteiger partial charge is 0.319 e. The molecule has 0 bridgehead atoms. The van der Waals surface area contributed by atoms with Crippen LogP contribution in [0.3, 0.4) is 0 Å². The van der Waals surface area contributed by atoms with E-state index in [-0.39, 0.29) is 11.7 Å². The summed E-state index contributed by atoms with van der Waals surface area (Å²) in [5.41, 5.74) is 1.02. The Kier molecular flexibility index (Phi) is 4.75. The highest BCUT2D eigenvalue weighted by Gasteiger charge is 2.13. The molecule has 96 valence electrons. The van der Waals surface area contributed by atoms with E-state index in [9.17, 15) is 4.39 Å². The average Bonchev–Trinajstić information content (AvgIpc) is 2.74. The summed E-state index contributed by atoms with van der Waals surface area (Å²) in [5, 5.41) is 3.16. The maximum Gasteiger partial charge on any atom is 0.123 e. The van der Waals surface area contributed by atoms with Gasteiger partial charge in [0.25, 0.3) is 0 Å². The van der Waals surface area contributed by atoms with Gasteiger partial charge < -0.3 is 5.32 Å². The summed E-state index contributed by atoms with van der Waals surface area (Å²) >= 11 is 7.52. The highest BCUT2D eigenvalue weighted by molar-refractivity contribution is 7.16. The van der Waals surface area contributed by atoms with Crippen molar-refractivity contribution in [2.45, 2.75) is 12.3 Å². The Labute approximate surface area is 116 Å². The Balaban J connectivity index is 2.17. The van der Waals surface area contributed by atoms with Crippen molar-refractivity contribution in [1.29, 1.82) is 0 Å². The Morgan fingerprint density at radius 1 is 1.33 bits per heavy atom. The summed E-state index contributed by atoms with van der Waals surface area (Å²) in [6.07, 6.45) is 0.877. The van der Waals surface area contributed by atoms with Crippen LogP contribution in [0.5, 0.6) is 0 Å². The fourth-order valence-corrected chi connectivity index (χ4v) is 3.19. The van der Waals surface area contributed by atoms with Gasteiger partial charge in [0.15, 0.2) is 0 Å². The minimum Gasteiger partial charge on any atom is -0.319 e. The highest BCUT2D eigenvalue weighted by atomic mass is 35.5. The van der Waals surface area contributed by atoms with Crippen molar-refractivity contribution in [3.8, 4) is 0 Å². The Hall–Kier alpha value is -0.900. The van der Waals surface area contributed by atoms with Crippen LogP contribution >= 0.6 is 22.9 Å². The second-order valence-electron chi connectivity index (χ2n) is 4.22. The second kappa shape index (κ2) is 6.32. The first kappa shape index (κ1) is 13.5. The fourth-order valence-electron chi connectivity index (χ4n) is 2.02. The molecule has 1 unspecified atom stereocenters. The number of nitrogens with one attached hydrogen (secondary N) is 1. The Morgan fingerprint density at radius 3 is 2.78 bits per heavy atom. The molecule has 1 aromatic heterocycles. The molecular formula is C14H15ClFNS. The molecule has 0 aliphatic carbocycles. The van der Waals surface area contributed by atoms with Gasteiger partial charge in [-0.15, -0.1) is 11.3 Å². The predicted octanol–water partition coefficient (Wildman–Crippen LogP) is 4.09. The van der Waals surface area contributed by atoms with E-state index < -0.39 is 0 Å². The fraction of sp³-hybridized carbons (Fsp3) is 0.286. The Bertz CT molecular complexity index is 512. The number of hydrogen-bond donors (Lipinski definition) is 1. The van der Waals surface area contributed by atoms with Gasteiger partial charge in [-0.3, -0.25) is 0 Å². The van der Waals surface area contributed by atoms with Crippen molar-refractivity contribution in [1.82, 2.24) is 5.32 Å². The summed E-state index contributed by atoms with van der Waals surface area (Å²) in [5.74, 6) is 0.0817. The topological polar surface area (TPSA) is 12.0 Å². The standard InChI is InChI=1S/C14H15ClFNS/c1-17-9-11(8-13-5-6-14(15)18-13)10-3-2-4-12(16)7-10/h2-7,11,17H,8-9H2,1H3. The molecule has 2 rings (SSSR count). The number of likely N-dealkylation sites (N-methyl/N-ethyl adjacent to an activating group) is 1. The minimum absolute atomic E-state index is 0.183. The molecule has 0 amide bonds. The van der Waals surface area contributed by atoms with Gasteiger partial charge in [0.2, 0.25) is 0 Å². The highest BCUT2D eigenvalue weighted by Crippen LogP contribution is 2.27. The van der Waals surface area contributed by atoms with Crippen LogP contribution in [0.2, 0.25) is 4.34 Å². The smallest absolute Gasteiger partial charge is 0.123 e. The lowest BCUT2D eigenvalue weighted by atomic mass is 9.95. The van der Waals surface area contributed by atoms with Crippen LogP contribution in [-0.2, 0) is 6.42 Å². The van der Waals surface area contributed by atoms with Crippen LogP contribution in [0.1, 0.15) is 16.4 Å². The van der Waals surface area contributed by atoms with E-state index in [1.165, 1.54) is 10.9 Å². The maximum absolute atomic E-state index is 13.3. The Morgan fingerprint density at radius 2 is 2.17 bits per heavy atom. The molecule has 0 spiro atoms. The summed E-state index contributed by atoms with van der Waals surface area (Å²) in [7, 11) is 1.91. The van der Waals surface area contributed by atoms with Crippen LogP contribution in [0.15, 0.2) is 36.4 Å². The maximum atomic E-state index is 13.3. The minimum atomic E-state index is -0.183. The SMILES string of the molecule is CNCC(Cc1ccc(Cl)s1)c1cccc(F)c1. The molecule has 0 saturated carbocycles. The van der Waals surface area contributed by atoms with Crippen LogP contribution in [0.4, 0.5) is 4.39 Å². The molecule has 1 heterocycles. The molecular weight excluding hydrogens is 269 g/mol. The normalized spacial score (nSPS) is 12.6. The van der Waals surface area contributed by atoms with Crippen LogP contribution in [-0.4, -0.2) is 13.6 Å². The van der Waals surface area contributed by atoms with Crippen LogP contribution < -0.4 is 5.32 Å². The van der Waals surface area contributed by atoms with Crippen molar-refractivity contribution in [3.05, 3.63) is 57.0 Å².